The second kappa shape index (κ2) is 5.30. The van der Waals surface area contributed by atoms with Crippen LogP contribution in [0.3, 0.4) is 0 Å². The van der Waals surface area contributed by atoms with Crippen LogP contribution in [0.5, 0.6) is 5.75 Å². The lowest BCUT2D eigenvalue weighted by Gasteiger charge is -2.12. The summed E-state index contributed by atoms with van der Waals surface area (Å²) in [6, 6.07) is 3.20. The molecular formula is C11H12BrFO3. The van der Waals surface area contributed by atoms with Crippen LogP contribution in [0, 0.1) is 11.7 Å². The molecule has 1 atom stereocenters. The fraction of sp³-hybridized carbons (Fsp3) is 0.364. The van der Waals surface area contributed by atoms with Crippen LogP contribution in [0.2, 0.25) is 0 Å². The molecule has 0 amide bonds. The molecular weight excluding hydrogens is 279 g/mol. The summed E-state index contributed by atoms with van der Waals surface area (Å²) in [6.07, 6.45) is 0.239. The highest BCUT2D eigenvalue weighted by Crippen LogP contribution is 2.30. The summed E-state index contributed by atoms with van der Waals surface area (Å²) in [5, 5.41) is 8.79. The van der Waals surface area contributed by atoms with Gasteiger partial charge in [0.1, 0.15) is 0 Å². The Morgan fingerprint density at radius 1 is 1.62 bits per heavy atom. The summed E-state index contributed by atoms with van der Waals surface area (Å²) in [5.41, 5.74) is 0.554. The van der Waals surface area contributed by atoms with E-state index in [2.05, 4.69) is 15.9 Å². The summed E-state index contributed by atoms with van der Waals surface area (Å²) in [5.74, 6) is -1.89. The fourth-order valence-corrected chi connectivity index (χ4v) is 1.68. The molecule has 0 aromatic heterocycles. The number of benzene rings is 1. The fourth-order valence-electron chi connectivity index (χ4n) is 1.37. The van der Waals surface area contributed by atoms with Crippen LogP contribution < -0.4 is 4.74 Å². The molecule has 0 aliphatic heterocycles. The minimum Gasteiger partial charge on any atom is -0.493 e. The number of carboxylic acid groups (broad SMARTS) is 1. The maximum Gasteiger partial charge on any atom is 0.306 e. The molecule has 0 saturated heterocycles. The number of hydrogen-bond acceptors (Lipinski definition) is 2. The Bertz CT molecular complexity index is 406. The quantitative estimate of drug-likeness (QED) is 0.927. The van der Waals surface area contributed by atoms with Gasteiger partial charge in [0.2, 0.25) is 0 Å². The lowest BCUT2D eigenvalue weighted by Crippen LogP contribution is -2.13. The zero-order valence-corrected chi connectivity index (χ0v) is 10.5. The van der Waals surface area contributed by atoms with Crippen molar-refractivity contribution >= 4 is 21.9 Å². The first-order valence-corrected chi connectivity index (χ1v) is 5.50. The van der Waals surface area contributed by atoms with Gasteiger partial charge in [0.25, 0.3) is 0 Å². The van der Waals surface area contributed by atoms with E-state index in [1.54, 1.807) is 19.1 Å². The molecule has 0 aliphatic rings. The molecule has 0 heterocycles. The molecule has 16 heavy (non-hydrogen) atoms. The maximum absolute atomic E-state index is 13.6. The average Bonchev–Trinajstić information content (AvgIpc) is 2.23. The van der Waals surface area contributed by atoms with E-state index in [-0.39, 0.29) is 12.2 Å². The zero-order chi connectivity index (χ0) is 12.3. The number of aliphatic carboxylic acids is 1. The summed E-state index contributed by atoms with van der Waals surface area (Å²) in [4.78, 5) is 10.7. The monoisotopic (exact) mass is 290 g/mol. The van der Waals surface area contributed by atoms with Gasteiger partial charge in [-0.15, -0.1) is 0 Å². The molecule has 88 valence electrons. The van der Waals surface area contributed by atoms with E-state index < -0.39 is 17.7 Å². The van der Waals surface area contributed by atoms with Gasteiger partial charge in [0.05, 0.1) is 17.5 Å². The molecule has 1 N–H and O–H groups in total. The molecule has 0 saturated carbocycles. The predicted molar refractivity (Wildman–Crippen MR) is 61.2 cm³/mol. The summed E-state index contributed by atoms with van der Waals surface area (Å²) in [7, 11) is 1.36. The van der Waals surface area contributed by atoms with Crippen LogP contribution in [-0.2, 0) is 11.2 Å². The van der Waals surface area contributed by atoms with Crippen molar-refractivity contribution in [3.63, 3.8) is 0 Å². The van der Waals surface area contributed by atoms with Crippen molar-refractivity contribution in [1.29, 1.82) is 0 Å². The Morgan fingerprint density at radius 2 is 2.25 bits per heavy atom. The summed E-state index contributed by atoms with van der Waals surface area (Å²) >= 11 is 3.04. The summed E-state index contributed by atoms with van der Waals surface area (Å²) < 4.78 is 18.8. The van der Waals surface area contributed by atoms with Gasteiger partial charge in [0.15, 0.2) is 11.6 Å². The van der Waals surface area contributed by atoms with Crippen LogP contribution in [0.25, 0.3) is 0 Å². The Labute approximate surface area is 101 Å². The molecule has 5 heteroatoms. The number of methoxy groups -OCH3 is 1. The van der Waals surface area contributed by atoms with Crippen molar-refractivity contribution in [2.24, 2.45) is 5.92 Å². The third-order valence-corrected chi connectivity index (χ3v) is 2.90. The average molecular weight is 291 g/mol. The molecule has 1 aromatic carbocycles. The lowest BCUT2D eigenvalue weighted by molar-refractivity contribution is -0.141. The van der Waals surface area contributed by atoms with E-state index in [9.17, 15) is 9.18 Å². The van der Waals surface area contributed by atoms with Crippen molar-refractivity contribution in [2.45, 2.75) is 13.3 Å². The zero-order valence-electron chi connectivity index (χ0n) is 8.96. The van der Waals surface area contributed by atoms with Crippen molar-refractivity contribution in [1.82, 2.24) is 0 Å². The molecule has 1 unspecified atom stereocenters. The van der Waals surface area contributed by atoms with Crippen molar-refractivity contribution in [3.05, 3.63) is 28.0 Å². The highest BCUT2D eigenvalue weighted by Gasteiger charge is 2.18. The van der Waals surface area contributed by atoms with Gasteiger partial charge in [-0.1, -0.05) is 13.0 Å². The standard InChI is InChI=1S/C11H12BrFO3/c1-6(11(14)15)5-7-3-4-8(12)9(13)10(7)16-2/h3-4,6H,5H2,1-2H3,(H,14,15). The van der Waals surface area contributed by atoms with Crippen molar-refractivity contribution in [2.75, 3.05) is 7.11 Å². The second-order valence-electron chi connectivity index (χ2n) is 3.50. The SMILES string of the molecule is COc1c(CC(C)C(=O)O)ccc(Br)c1F. The molecule has 0 spiro atoms. The molecule has 1 aromatic rings. The Morgan fingerprint density at radius 3 is 2.75 bits per heavy atom. The van der Waals surface area contributed by atoms with E-state index in [0.717, 1.165) is 0 Å². The van der Waals surface area contributed by atoms with Crippen molar-refractivity contribution in [3.8, 4) is 5.75 Å². The van der Waals surface area contributed by atoms with E-state index >= 15 is 0 Å². The van der Waals surface area contributed by atoms with Gasteiger partial charge in [0, 0.05) is 0 Å². The molecule has 0 fully saturated rings. The molecule has 0 radical (unpaired) electrons. The highest BCUT2D eigenvalue weighted by molar-refractivity contribution is 9.10. The lowest BCUT2D eigenvalue weighted by atomic mass is 10.0. The Hall–Kier alpha value is -1.10. The van der Waals surface area contributed by atoms with Crippen LogP contribution in [0.1, 0.15) is 12.5 Å². The Balaban J connectivity index is 3.05. The van der Waals surface area contributed by atoms with E-state index in [4.69, 9.17) is 9.84 Å². The number of halogens is 2. The first kappa shape index (κ1) is 13.0. The van der Waals surface area contributed by atoms with E-state index in [1.807, 2.05) is 0 Å². The van der Waals surface area contributed by atoms with Crippen LogP contribution in [0.4, 0.5) is 4.39 Å². The van der Waals surface area contributed by atoms with E-state index in [0.29, 0.717) is 10.0 Å². The second-order valence-corrected chi connectivity index (χ2v) is 4.35. The summed E-state index contributed by atoms with van der Waals surface area (Å²) in [6.45, 7) is 1.57. The number of rotatable bonds is 4. The first-order chi connectivity index (χ1) is 7.47. The first-order valence-electron chi connectivity index (χ1n) is 4.71. The van der Waals surface area contributed by atoms with Gasteiger partial charge < -0.3 is 9.84 Å². The van der Waals surface area contributed by atoms with Gasteiger partial charge in [-0.05, 0) is 34.0 Å². The third kappa shape index (κ3) is 2.72. The topological polar surface area (TPSA) is 46.5 Å². The number of carboxylic acids is 1. The smallest absolute Gasteiger partial charge is 0.306 e. The Kier molecular flexibility index (Phi) is 4.29. The van der Waals surface area contributed by atoms with Gasteiger partial charge in [-0.3, -0.25) is 4.79 Å². The highest BCUT2D eigenvalue weighted by atomic mass is 79.9. The minimum atomic E-state index is -0.912. The maximum atomic E-state index is 13.6. The normalized spacial score (nSPS) is 12.2. The molecule has 0 aliphatic carbocycles. The molecule has 0 bridgehead atoms. The number of ether oxygens (including phenoxy) is 1. The van der Waals surface area contributed by atoms with Crippen LogP contribution in [0.15, 0.2) is 16.6 Å². The van der Waals surface area contributed by atoms with Gasteiger partial charge in [-0.25, -0.2) is 4.39 Å². The van der Waals surface area contributed by atoms with Crippen LogP contribution >= 0.6 is 15.9 Å². The van der Waals surface area contributed by atoms with Gasteiger partial charge >= 0.3 is 5.97 Å². The van der Waals surface area contributed by atoms with Crippen molar-refractivity contribution < 1.29 is 19.0 Å². The molecule has 1 rings (SSSR count). The number of hydrogen-bond donors (Lipinski definition) is 1. The minimum absolute atomic E-state index is 0.0995. The number of carbonyl (C=O) groups is 1. The van der Waals surface area contributed by atoms with E-state index in [1.165, 1.54) is 7.11 Å². The third-order valence-electron chi connectivity index (χ3n) is 2.28. The van der Waals surface area contributed by atoms with Crippen LogP contribution in [-0.4, -0.2) is 18.2 Å². The van der Waals surface area contributed by atoms with Gasteiger partial charge in [-0.2, -0.15) is 0 Å². The molecule has 3 nitrogen and oxygen atoms in total. The predicted octanol–water partition coefficient (Wildman–Crippen LogP) is 2.86. The largest absolute Gasteiger partial charge is 0.493 e.